The van der Waals surface area contributed by atoms with Gasteiger partial charge in [-0.1, -0.05) is 0 Å². The molecule has 1 saturated heterocycles. The first-order valence-corrected chi connectivity index (χ1v) is 11.3. The first-order valence-electron chi connectivity index (χ1n) is 11.3. The van der Waals surface area contributed by atoms with Crippen LogP contribution in [0.3, 0.4) is 0 Å². The third-order valence-corrected chi connectivity index (χ3v) is 6.44. The highest BCUT2D eigenvalue weighted by molar-refractivity contribution is 5.94. The number of carbonyl (C=O) groups excluding carboxylic acids is 2. The third-order valence-electron chi connectivity index (χ3n) is 6.44. The Morgan fingerprint density at radius 1 is 1.03 bits per heavy atom. The molecule has 1 aromatic rings. The molecule has 3 N–H and O–H groups in total. The summed E-state index contributed by atoms with van der Waals surface area (Å²) in [4.78, 5) is 37.0. The molecule has 8 nitrogen and oxygen atoms in total. The van der Waals surface area contributed by atoms with Crippen LogP contribution in [0, 0.1) is 5.41 Å². The number of urea groups is 1. The summed E-state index contributed by atoms with van der Waals surface area (Å²) in [6.07, 6.45) is 1.74. The van der Waals surface area contributed by atoms with Gasteiger partial charge in [-0.2, -0.15) is 0 Å². The lowest BCUT2D eigenvalue weighted by molar-refractivity contribution is -0.150. The van der Waals surface area contributed by atoms with E-state index in [9.17, 15) is 28.3 Å². The number of nitrogens with one attached hydrogen (secondary N) is 2. The van der Waals surface area contributed by atoms with Gasteiger partial charge < -0.3 is 25.4 Å². The minimum atomic E-state index is -2.70. The molecule has 0 bridgehead atoms. The maximum absolute atomic E-state index is 13.2. The van der Waals surface area contributed by atoms with E-state index < -0.39 is 23.3 Å². The van der Waals surface area contributed by atoms with E-state index in [4.69, 9.17) is 4.74 Å². The first kappa shape index (κ1) is 24.7. The Morgan fingerprint density at radius 3 is 2.18 bits per heavy atom. The van der Waals surface area contributed by atoms with Gasteiger partial charge in [-0.3, -0.25) is 9.59 Å². The normalized spacial score (nSPS) is 24.6. The Labute approximate surface area is 191 Å². The minimum absolute atomic E-state index is 0.0132. The maximum atomic E-state index is 13.2. The molecule has 3 rings (SSSR count). The van der Waals surface area contributed by atoms with E-state index in [0.29, 0.717) is 37.0 Å². The van der Waals surface area contributed by atoms with Crippen molar-refractivity contribution in [2.75, 3.05) is 26.2 Å². The Kier molecular flexibility index (Phi) is 7.76. The van der Waals surface area contributed by atoms with Crippen LogP contribution in [0.4, 0.5) is 13.6 Å². The predicted octanol–water partition coefficient (Wildman–Crippen LogP) is 3.27. The third kappa shape index (κ3) is 6.79. The second kappa shape index (κ2) is 10.4. The van der Waals surface area contributed by atoms with Crippen molar-refractivity contribution in [2.24, 2.45) is 5.41 Å². The summed E-state index contributed by atoms with van der Waals surface area (Å²) in [6, 6.07) is 6.28. The molecule has 3 amide bonds. The summed E-state index contributed by atoms with van der Waals surface area (Å²) >= 11 is 0. The zero-order valence-corrected chi connectivity index (χ0v) is 18.7. The molecule has 0 aromatic heterocycles. The molecule has 1 saturated carbocycles. The van der Waals surface area contributed by atoms with Crippen molar-refractivity contribution in [3.05, 3.63) is 29.8 Å². The van der Waals surface area contributed by atoms with Crippen LogP contribution in [0.5, 0.6) is 5.75 Å². The van der Waals surface area contributed by atoms with Gasteiger partial charge in [0.25, 0.3) is 11.8 Å². The zero-order chi connectivity index (χ0) is 24.1. The van der Waals surface area contributed by atoms with Crippen molar-refractivity contribution in [2.45, 2.75) is 57.5 Å². The lowest BCUT2D eigenvalue weighted by Crippen LogP contribution is -2.48. The zero-order valence-electron chi connectivity index (χ0n) is 18.7. The standard InChI is InChI=1S/C23H31F2N3O5/c1-22(20(30)31)8-6-18(7-9-22)33-17-4-2-16(3-5-17)19(29)26-12-13-27-21(32)28-14-10-23(24,25)11-15-28/h2-5,18H,6-15H2,1H3,(H,26,29)(H,27,32)(H,30,31). The molecule has 1 aromatic carbocycles. The molecule has 1 aliphatic heterocycles. The van der Waals surface area contributed by atoms with Gasteiger partial charge in [-0.05, 0) is 56.9 Å². The van der Waals surface area contributed by atoms with Crippen molar-refractivity contribution in [3.8, 4) is 5.75 Å². The van der Waals surface area contributed by atoms with Crippen molar-refractivity contribution < 1.29 is 33.0 Å². The molecule has 33 heavy (non-hydrogen) atoms. The fraction of sp³-hybridized carbons (Fsp3) is 0.609. The van der Waals surface area contributed by atoms with Crippen molar-refractivity contribution in [1.29, 1.82) is 0 Å². The molecule has 2 aliphatic rings. The number of alkyl halides is 2. The number of hydrogen-bond donors (Lipinski definition) is 3. The van der Waals surface area contributed by atoms with Gasteiger partial charge in [0.15, 0.2) is 0 Å². The summed E-state index contributed by atoms with van der Waals surface area (Å²) in [5, 5.41) is 14.6. The van der Waals surface area contributed by atoms with E-state index in [1.54, 1.807) is 31.2 Å². The number of rotatable bonds is 7. The Morgan fingerprint density at radius 2 is 1.61 bits per heavy atom. The van der Waals surface area contributed by atoms with Crippen molar-refractivity contribution in [3.63, 3.8) is 0 Å². The molecule has 1 aliphatic carbocycles. The van der Waals surface area contributed by atoms with E-state index in [1.165, 1.54) is 4.90 Å². The number of likely N-dealkylation sites (tertiary alicyclic amines) is 1. The van der Waals surface area contributed by atoms with Crippen LogP contribution in [0.2, 0.25) is 0 Å². The minimum Gasteiger partial charge on any atom is -0.490 e. The highest BCUT2D eigenvalue weighted by Gasteiger charge is 2.38. The number of carboxylic acid groups (broad SMARTS) is 1. The second-order valence-corrected chi connectivity index (χ2v) is 9.04. The van der Waals surface area contributed by atoms with Gasteiger partial charge in [0, 0.05) is 44.6 Å². The van der Waals surface area contributed by atoms with E-state index in [0.717, 1.165) is 0 Å². The number of piperidine rings is 1. The number of carboxylic acids is 1. The number of aliphatic carboxylic acids is 1. The summed E-state index contributed by atoms with van der Waals surface area (Å²) in [5.74, 6) is -3.16. The molecule has 0 unspecified atom stereocenters. The summed E-state index contributed by atoms with van der Waals surface area (Å²) < 4.78 is 32.3. The quantitative estimate of drug-likeness (QED) is 0.534. The van der Waals surface area contributed by atoms with E-state index in [-0.39, 0.29) is 51.0 Å². The Bertz CT molecular complexity index is 844. The van der Waals surface area contributed by atoms with Gasteiger partial charge in [0.2, 0.25) is 0 Å². The molecule has 0 spiro atoms. The van der Waals surface area contributed by atoms with Gasteiger partial charge in [0.1, 0.15) is 5.75 Å². The second-order valence-electron chi connectivity index (χ2n) is 9.04. The molecule has 1 heterocycles. The topological polar surface area (TPSA) is 108 Å². The fourth-order valence-electron chi connectivity index (χ4n) is 4.03. The first-order chi connectivity index (χ1) is 15.6. The van der Waals surface area contributed by atoms with Gasteiger partial charge in [0.05, 0.1) is 11.5 Å². The van der Waals surface area contributed by atoms with Crippen molar-refractivity contribution in [1.82, 2.24) is 15.5 Å². The average molecular weight is 468 g/mol. The number of ether oxygens (including phenoxy) is 1. The number of amides is 3. The van der Waals surface area contributed by atoms with Gasteiger partial charge in [-0.15, -0.1) is 0 Å². The monoisotopic (exact) mass is 467 g/mol. The largest absolute Gasteiger partial charge is 0.490 e. The lowest BCUT2D eigenvalue weighted by Gasteiger charge is -2.33. The molecule has 0 radical (unpaired) electrons. The van der Waals surface area contributed by atoms with Crippen LogP contribution in [0.1, 0.15) is 55.8 Å². The molecule has 2 fully saturated rings. The summed E-state index contributed by atoms with van der Waals surface area (Å²) in [6.45, 7) is 2.19. The molecule has 10 heteroatoms. The highest BCUT2D eigenvalue weighted by Crippen LogP contribution is 2.37. The molecule has 182 valence electrons. The smallest absolute Gasteiger partial charge is 0.317 e. The van der Waals surface area contributed by atoms with Crippen LogP contribution >= 0.6 is 0 Å². The maximum Gasteiger partial charge on any atom is 0.317 e. The number of benzene rings is 1. The molecule has 0 atom stereocenters. The summed E-state index contributed by atoms with van der Waals surface area (Å²) in [5.41, 5.74) is -0.252. The fourth-order valence-corrected chi connectivity index (χ4v) is 4.03. The van der Waals surface area contributed by atoms with E-state index in [2.05, 4.69) is 10.6 Å². The number of nitrogens with zero attached hydrogens (tertiary/aromatic N) is 1. The van der Waals surface area contributed by atoms with Crippen LogP contribution < -0.4 is 15.4 Å². The average Bonchev–Trinajstić information content (AvgIpc) is 2.78. The van der Waals surface area contributed by atoms with E-state index >= 15 is 0 Å². The van der Waals surface area contributed by atoms with Gasteiger partial charge in [-0.25, -0.2) is 13.6 Å². The van der Waals surface area contributed by atoms with Gasteiger partial charge >= 0.3 is 12.0 Å². The number of carbonyl (C=O) groups is 3. The van der Waals surface area contributed by atoms with Crippen LogP contribution in [0.15, 0.2) is 24.3 Å². The highest BCUT2D eigenvalue weighted by atomic mass is 19.3. The van der Waals surface area contributed by atoms with Crippen LogP contribution in [-0.4, -0.2) is 66.1 Å². The molecular formula is C23H31F2N3O5. The van der Waals surface area contributed by atoms with Crippen LogP contribution in [-0.2, 0) is 4.79 Å². The Balaban J connectivity index is 1.36. The SMILES string of the molecule is CC1(C(=O)O)CCC(Oc2ccc(C(=O)NCCNC(=O)N3CCC(F)(F)CC3)cc2)CC1. The van der Waals surface area contributed by atoms with Crippen molar-refractivity contribution >= 4 is 17.9 Å². The Hall–Kier alpha value is -2.91. The summed E-state index contributed by atoms with van der Waals surface area (Å²) in [7, 11) is 0. The lowest BCUT2D eigenvalue weighted by atomic mass is 9.75. The van der Waals surface area contributed by atoms with E-state index in [1.807, 2.05) is 0 Å². The van der Waals surface area contributed by atoms with Crippen LogP contribution in [0.25, 0.3) is 0 Å². The predicted molar refractivity (Wildman–Crippen MR) is 117 cm³/mol. The molecular weight excluding hydrogens is 436 g/mol. The number of hydrogen-bond acceptors (Lipinski definition) is 4. The number of halogens is 2.